The molecule has 1 N–H and O–H groups in total. The summed E-state index contributed by atoms with van der Waals surface area (Å²) in [6.45, 7) is 9.16. The number of hydrogen-bond acceptors (Lipinski definition) is 4. The van der Waals surface area contributed by atoms with Crippen molar-refractivity contribution in [3.8, 4) is 0 Å². The third-order valence-electron chi connectivity index (χ3n) is 2.92. The van der Waals surface area contributed by atoms with Gasteiger partial charge in [0, 0.05) is 25.3 Å². The lowest BCUT2D eigenvalue weighted by Crippen LogP contribution is -2.37. The van der Waals surface area contributed by atoms with Gasteiger partial charge >= 0.3 is 0 Å². The molecule has 0 aromatic carbocycles. The average molecular weight is 299 g/mol. The van der Waals surface area contributed by atoms with Crippen molar-refractivity contribution >= 4 is 15.8 Å². The van der Waals surface area contributed by atoms with E-state index < -0.39 is 10.0 Å². The molecule has 0 saturated carbocycles. The van der Waals surface area contributed by atoms with Crippen molar-refractivity contribution in [3.63, 3.8) is 0 Å². The van der Waals surface area contributed by atoms with Crippen molar-refractivity contribution in [2.24, 2.45) is 0 Å². The zero-order valence-corrected chi connectivity index (χ0v) is 13.6. The van der Waals surface area contributed by atoms with Crippen LogP contribution in [0.2, 0.25) is 0 Å². The van der Waals surface area contributed by atoms with Gasteiger partial charge in [0.2, 0.25) is 10.0 Å². The highest BCUT2D eigenvalue weighted by Crippen LogP contribution is 2.19. The fraction of sp³-hybridized carbons (Fsp3) is 0.643. The molecular formula is C14H25N3O2S. The number of hydrogen-bond donors (Lipinski definition) is 1. The van der Waals surface area contributed by atoms with E-state index in [-0.39, 0.29) is 10.9 Å². The summed E-state index contributed by atoms with van der Waals surface area (Å²) >= 11 is 0. The van der Waals surface area contributed by atoms with Gasteiger partial charge < -0.3 is 5.32 Å². The molecule has 1 rings (SSSR count). The topological polar surface area (TPSA) is 62.3 Å². The van der Waals surface area contributed by atoms with E-state index in [0.717, 1.165) is 19.4 Å². The van der Waals surface area contributed by atoms with E-state index in [0.29, 0.717) is 12.4 Å². The number of rotatable bonds is 8. The second-order valence-electron chi connectivity index (χ2n) is 5.02. The Balaban J connectivity index is 2.96. The maximum absolute atomic E-state index is 12.6. The van der Waals surface area contributed by atoms with Crippen LogP contribution in [0, 0.1) is 0 Å². The monoisotopic (exact) mass is 299 g/mol. The van der Waals surface area contributed by atoms with Gasteiger partial charge in [-0.3, -0.25) is 0 Å². The van der Waals surface area contributed by atoms with Crippen molar-refractivity contribution in [2.45, 2.75) is 51.5 Å². The Hall–Kier alpha value is -1.14. The Bertz CT molecular complexity index is 498. The number of nitrogens with zero attached hydrogens (tertiary/aromatic N) is 2. The third kappa shape index (κ3) is 4.18. The Labute approximate surface area is 122 Å². The predicted molar refractivity (Wildman–Crippen MR) is 82.3 cm³/mol. The number of sulfonamides is 1. The van der Waals surface area contributed by atoms with E-state index in [4.69, 9.17) is 0 Å². The zero-order valence-electron chi connectivity index (χ0n) is 12.8. The third-order valence-corrected chi connectivity index (χ3v) is 4.98. The molecule has 1 aromatic heterocycles. The first kappa shape index (κ1) is 16.9. The van der Waals surface area contributed by atoms with E-state index in [1.807, 2.05) is 20.8 Å². The van der Waals surface area contributed by atoms with Crippen LogP contribution in [0.15, 0.2) is 23.2 Å². The van der Waals surface area contributed by atoms with Crippen LogP contribution < -0.4 is 5.32 Å². The average Bonchev–Trinajstić information content (AvgIpc) is 2.42. The van der Waals surface area contributed by atoms with E-state index in [1.165, 1.54) is 10.5 Å². The smallest absolute Gasteiger partial charge is 0.244 e. The molecule has 6 heteroatoms. The molecule has 0 fully saturated rings. The van der Waals surface area contributed by atoms with Crippen molar-refractivity contribution < 1.29 is 8.42 Å². The first-order valence-electron chi connectivity index (χ1n) is 7.15. The lowest BCUT2D eigenvalue weighted by Gasteiger charge is -2.25. The Morgan fingerprint density at radius 2 is 1.95 bits per heavy atom. The normalized spacial score (nSPS) is 12.1. The number of nitrogens with one attached hydrogen (secondary N) is 1. The second-order valence-corrected chi connectivity index (χ2v) is 6.91. The number of pyridine rings is 1. The zero-order chi connectivity index (χ0) is 15.2. The Kier molecular flexibility index (Phi) is 6.42. The first-order chi connectivity index (χ1) is 9.43. The van der Waals surface area contributed by atoms with Crippen LogP contribution in [0.5, 0.6) is 0 Å². The molecule has 5 nitrogen and oxygen atoms in total. The highest BCUT2D eigenvalue weighted by molar-refractivity contribution is 7.89. The highest BCUT2D eigenvalue weighted by atomic mass is 32.2. The SMILES string of the molecule is CCCNc1ccc(S(=O)(=O)N(CCC)C(C)C)cn1. The lowest BCUT2D eigenvalue weighted by atomic mass is 10.4. The predicted octanol–water partition coefficient (Wildman–Crippen LogP) is 2.71. The molecule has 0 bridgehead atoms. The van der Waals surface area contributed by atoms with E-state index in [1.54, 1.807) is 12.1 Å². The summed E-state index contributed by atoms with van der Waals surface area (Å²) in [5.74, 6) is 0.706. The van der Waals surface area contributed by atoms with Crippen LogP contribution in [0.4, 0.5) is 5.82 Å². The summed E-state index contributed by atoms with van der Waals surface area (Å²) in [5.41, 5.74) is 0. The molecule has 0 radical (unpaired) electrons. The minimum absolute atomic E-state index is 0.0576. The summed E-state index contributed by atoms with van der Waals surface area (Å²) in [6, 6.07) is 3.27. The van der Waals surface area contributed by atoms with Gasteiger partial charge in [-0.2, -0.15) is 4.31 Å². The van der Waals surface area contributed by atoms with Crippen LogP contribution in [-0.2, 0) is 10.0 Å². The molecule has 0 saturated heterocycles. The standard InChI is InChI=1S/C14H25N3O2S/c1-5-9-15-14-8-7-13(11-16-14)20(18,19)17(10-6-2)12(3)4/h7-8,11-12H,5-6,9-10H2,1-4H3,(H,15,16). The van der Waals surface area contributed by atoms with E-state index in [9.17, 15) is 8.42 Å². The van der Waals surface area contributed by atoms with Crippen molar-refractivity contribution in [3.05, 3.63) is 18.3 Å². The molecule has 0 aliphatic heterocycles. The largest absolute Gasteiger partial charge is 0.370 e. The maximum atomic E-state index is 12.6. The van der Waals surface area contributed by atoms with Gasteiger partial charge in [0.15, 0.2) is 0 Å². The number of anilines is 1. The number of aromatic nitrogens is 1. The first-order valence-corrected chi connectivity index (χ1v) is 8.59. The molecular weight excluding hydrogens is 274 g/mol. The van der Waals surface area contributed by atoms with E-state index in [2.05, 4.69) is 17.2 Å². The lowest BCUT2D eigenvalue weighted by molar-refractivity contribution is 0.354. The van der Waals surface area contributed by atoms with Crippen LogP contribution >= 0.6 is 0 Å². The summed E-state index contributed by atoms with van der Waals surface area (Å²) < 4.78 is 26.6. The van der Waals surface area contributed by atoms with Gasteiger partial charge in [0.1, 0.15) is 10.7 Å². The van der Waals surface area contributed by atoms with Gasteiger partial charge in [-0.15, -0.1) is 0 Å². The van der Waals surface area contributed by atoms with Crippen LogP contribution in [0.25, 0.3) is 0 Å². The van der Waals surface area contributed by atoms with Gasteiger partial charge in [0.25, 0.3) is 0 Å². The van der Waals surface area contributed by atoms with Crippen molar-refractivity contribution in [2.75, 3.05) is 18.4 Å². The van der Waals surface area contributed by atoms with Crippen LogP contribution in [0.1, 0.15) is 40.5 Å². The molecule has 0 aliphatic carbocycles. The molecule has 0 aliphatic rings. The summed E-state index contributed by atoms with van der Waals surface area (Å²) in [5, 5.41) is 3.13. The maximum Gasteiger partial charge on any atom is 0.244 e. The summed E-state index contributed by atoms with van der Waals surface area (Å²) in [4.78, 5) is 4.42. The van der Waals surface area contributed by atoms with Crippen LogP contribution in [-0.4, -0.2) is 36.8 Å². The minimum atomic E-state index is -3.46. The van der Waals surface area contributed by atoms with Crippen molar-refractivity contribution in [1.82, 2.24) is 9.29 Å². The van der Waals surface area contributed by atoms with Gasteiger partial charge in [-0.05, 0) is 38.8 Å². The van der Waals surface area contributed by atoms with Gasteiger partial charge in [-0.25, -0.2) is 13.4 Å². The van der Waals surface area contributed by atoms with E-state index >= 15 is 0 Å². The Morgan fingerprint density at radius 1 is 1.25 bits per heavy atom. The molecule has 1 heterocycles. The molecule has 20 heavy (non-hydrogen) atoms. The molecule has 0 spiro atoms. The second kappa shape index (κ2) is 7.59. The Morgan fingerprint density at radius 3 is 2.40 bits per heavy atom. The van der Waals surface area contributed by atoms with Crippen LogP contribution in [0.3, 0.4) is 0 Å². The molecule has 0 unspecified atom stereocenters. The van der Waals surface area contributed by atoms with Crippen molar-refractivity contribution in [1.29, 1.82) is 0 Å². The van der Waals surface area contributed by atoms with Gasteiger partial charge in [0.05, 0.1) is 0 Å². The fourth-order valence-corrected chi connectivity index (χ4v) is 3.58. The molecule has 1 aromatic rings. The molecule has 0 amide bonds. The minimum Gasteiger partial charge on any atom is -0.370 e. The van der Waals surface area contributed by atoms with Gasteiger partial charge in [-0.1, -0.05) is 13.8 Å². The molecule has 0 atom stereocenters. The quantitative estimate of drug-likeness (QED) is 0.801. The highest BCUT2D eigenvalue weighted by Gasteiger charge is 2.26. The summed E-state index contributed by atoms with van der Waals surface area (Å²) in [6.07, 6.45) is 3.22. The summed E-state index contributed by atoms with van der Waals surface area (Å²) in [7, 11) is -3.46. The molecule has 114 valence electrons. The fourth-order valence-electron chi connectivity index (χ4n) is 1.90.